The third kappa shape index (κ3) is 10.1. The van der Waals surface area contributed by atoms with Crippen molar-refractivity contribution in [2.45, 2.75) is 58.5 Å². The Bertz CT molecular complexity index is 362. The van der Waals surface area contributed by atoms with E-state index in [9.17, 15) is 4.79 Å². The zero-order valence-electron chi connectivity index (χ0n) is 13.2. The molecule has 3 nitrogen and oxygen atoms in total. The number of hydrogen-bond donors (Lipinski definition) is 0. The van der Waals surface area contributed by atoms with Gasteiger partial charge < -0.3 is 9.47 Å². The molecule has 1 aromatic carbocycles. The van der Waals surface area contributed by atoms with Gasteiger partial charge in [0.05, 0.1) is 13.2 Å². The van der Waals surface area contributed by atoms with Crippen LogP contribution in [0, 0.1) is 0 Å². The van der Waals surface area contributed by atoms with Gasteiger partial charge in [0.1, 0.15) is 6.61 Å². The average Bonchev–Trinajstić information content (AvgIpc) is 2.51. The molecule has 118 valence electrons. The lowest BCUT2D eigenvalue weighted by Crippen LogP contribution is -2.10. The van der Waals surface area contributed by atoms with Gasteiger partial charge in [0.2, 0.25) is 0 Å². The number of ether oxygens (including phenoxy) is 2. The number of carbonyl (C=O) groups is 1. The summed E-state index contributed by atoms with van der Waals surface area (Å²) in [5, 5.41) is 0. The van der Waals surface area contributed by atoms with Gasteiger partial charge in [-0.1, -0.05) is 69.4 Å². The third-order valence-corrected chi connectivity index (χ3v) is 3.34. The first-order valence-electron chi connectivity index (χ1n) is 8.10. The number of rotatable bonds is 12. The SMILES string of the molecule is CCCCCCCCC(=O)OCCOCc1ccccc1. The maximum absolute atomic E-state index is 11.5. The van der Waals surface area contributed by atoms with Crippen LogP contribution in [0.25, 0.3) is 0 Å². The Hall–Kier alpha value is -1.35. The first kappa shape index (κ1) is 17.7. The summed E-state index contributed by atoms with van der Waals surface area (Å²) in [6, 6.07) is 9.99. The highest BCUT2D eigenvalue weighted by Crippen LogP contribution is 2.07. The maximum atomic E-state index is 11.5. The van der Waals surface area contributed by atoms with Crippen LogP contribution < -0.4 is 0 Å². The number of carbonyl (C=O) groups excluding carboxylic acids is 1. The second-order valence-corrected chi connectivity index (χ2v) is 5.28. The fourth-order valence-electron chi connectivity index (χ4n) is 2.10. The molecule has 0 aliphatic rings. The van der Waals surface area contributed by atoms with E-state index in [1.165, 1.54) is 25.7 Å². The van der Waals surface area contributed by atoms with Crippen LogP contribution in [0.3, 0.4) is 0 Å². The lowest BCUT2D eigenvalue weighted by molar-refractivity contribution is -0.145. The van der Waals surface area contributed by atoms with Gasteiger partial charge in [0.25, 0.3) is 0 Å². The summed E-state index contributed by atoms with van der Waals surface area (Å²) in [5.41, 5.74) is 1.14. The molecule has 0 radical (unpaired) electrons. The van der Waals surface area contributed by atoms with Gasteiger partial charge in [-0.25, -0.2) is 0 Å². The van der Waals surface area contributed by atoms with Crippen molar-refractivity contribution in [1.29, 1.82) is 0 Å². The summed E-state index contributed by atoms with van der Waals surface area (Å²) in [6.07, 6.45) is 7.65. The Morgan fingerprint density at radius 1 is 0.952 bits per heavy atom. The van der Waals surface area contributed by atoms with E-state index in [-0.39, 0.29) is 5.97 Å². The summed E-state index contributed by atoms with van der Waals surface area (Å²) in [7, 11) is 0. The van der Waals surface area contributed by atoms with Gasteiger partial charge in [-0.15, -0.1) is 0 Å². The standard InChI is InChI=1S/C18H28O3/c1-2-3-4-5-6-10-13-18(19)21-15-14-20-16-17-11-8-7-9-12-17/h7-9,11-12H,2-6,10,13-16H2,1H3. The second kappa shape index (κ2) is 12.4. The lowest BCUT2D eigenvalue weighted by atomic mass is 10.1. The largest absolute Gasteiger partial charge is 0.463 e. The van der Waals surface area contributed by atoms with Crippen molar-refractivity contribution in [3.8, 4) is 0 Å². The highest BCUT2D eigenvalue weighted by Gasteiger charge is 2.02. The van der Waals surface area contributed by atoms with E-state index in [0.717, 1.165) is 18.4 Å². The summed E-state index contributed by atoms with van der Waals surface area (Å²) in [4.78, 5) is 11.5. The average molecular weight is 292 g/mol. The van der Waals surface area contributed by atoms with Gasteiger partial charge >= 0.3 is 5.97 Å². The van der Waals surface area contributed by atoms with E-state index in [4.69, 9.17) is 9.47 Å². The van der Waals surface area contributed by atoms with Gasteiger partial charge in [0.15, 0.2) is 0 Å². The number of benzene rings is 1. The van der Waals surface area contributed by atoms with E-state index in [1.807, 2.05) is 30.3 Å². The molecule has 0 atom stereocenters. The van der Waals surface area contributed by atoms with Crippen LogP contribution >= 0.6 is 0 Å². The van der Waals surface area contributed by atoms with E-state index >= 15 is 0 Å². The van der Waals surface area contributed by atoms with Crippen molar-refractivity contribution in [3.63, 3.8) is 0 Å². The minimum Gasteiger partial charge on any atom is -0.463 e. The van der Waals surface area contributed by atoms with Gasteiger partial charge in [0, 0.05) is 6.42 Å². The molecular formula is C18H28O3. The molecule has 0 heterocycles. The van der Waals surface area contributed by atoms with Crippen molar-refractivity contribution >= 4 is 5.97 Å². The molecule has 0 saturated carbocycles. The Balaban J connectivity index is 1.89. The van der Waals surface area contributed by atoms with Crippen molar-refractivity contribution < 1.29 is 14.3 Å². The van der Waals surface area contributed by atoms with Crippen LogP contribution in [-0.2, 0) is 20.9 Å². The summed E-state index contributed by atoms with van der Waals surface area (Å²) in [6.45, 7) is 3.58. The predicted octanol–water partition coefficient (Wildman–Crippen LogP) is 4.50. The fourth-order valence-corrected chi connectivity index (χ4v) is 2.10. The fraction of sp³-hybridized carbons (Fsp3) is 0.611. The van der Waals surface area contributed by atoms with Crippen molar-refractivity contribution in [1.82, 2.24) is 0 Å². The molecule has 3 heteroatoms. The van der Waals surface area contributed by atoms with Gasteiger partial charge in [-0.3, -0.25) is 4.79 Å². The minimum atomic E-state index is -0.103. The molecular weight excluding hydrogens is 264 g/mol. The van der Waals surface area contributed by atoms with Crippen LogP contribution in [0.2, 0.25) is 0 Å². The zero-order valence-corrected chi connectivity index (χ0v) is 13.2. The Labute approximate surface area is 128 Å². The summed E-state index contributed by atoms with van der Waals surface area (Å²) < 4.78 is 10.6. The Kier molecular flexibility index (Phi) is 10.4. The van der Waals surface area contributed by atoms with Crippen LogP contribution in [0.4, 0.5) is 0 Å². The van der Waals surface area contributed by atoms with Gasteiger partial charge in [-0.05, 0) is 12.0 Å². The Morgan fingerprint density at radius 2 is 1.67 bits per heavy atom. The first-order valence-corrected chi connectivity index (χ1v) is 8.10. The Morgan fingerprint density at radius 3 is 2.43 bits per heavy atom. The van der Waals surface area contributed by atoms with E-state index in [0.29, 0.717) is 26.2 Å². The first-order chi connectivity index (χ1) is 10.3. The monoisotopic (exact) mass is 292 g/mol. The molecule has 0 aliphatic carbocycles. The highest BCUT2D eigenvalue weighted by molar-refractivity contribution is 5.69. The van der Waals surface area contributed by atoms with Crippen molar-refractivity contribution in [2.75, 3.05) is 13.2 Å². The van der Waals surface area contributed by atoms with E-state index in [1.54, 1.807) is 0 Å². The van der Waals surface area contributed by atoms with Gasteiger partial charge in [-0.2, -0.15) is 0 Å². The normalized spacial score (nSPS) is 10.5. The third-order valence-electron chi connectivity index (χ3n) is 3.34. The smallest absolute Gasteiger partial charge is 0.305 e. The molecule has 0 aromatic heterocycles. The highest BCUT2D eigenvalue weighted by atomic mass is 16.6. The molecule has 0 bridgehead atoms. The molecule has 0 amide bonds. The van der Waals surface area contributed by atoms with Crippen molar-refractivity contribution in [2.24, 2.45) is 0 Å². The predicted molar refractivity (Wildman–Crippen MR) is 85.1 cm³/mol. The van der Waals surface area contributed by atoms with Crippen LogP contribution in [0.5, 0.6) is 0 Å². The quantitative estimate of drug-likeness (QED) is 0.420. The molecule has 0 saturated heterocycles. The van der Waals surface area contributed by atoms with Crippen LogP contribution in [-0.4, -0.2) is 19.2 Å². The van der Waals surface area contributed by atoms with E-state index in [2.05, 4.69) is 6.92 Å². The topological polar surface area (TPSA) is 35.5 Å². The van der Waals surface area contributed by atoms with Crippen molar-refractivity contribution in [3.05, 3.63) is 35.9 Å². The molecule has 21 heavy (non-hydrogen) atoms. The minimum absolute atomic E-state index is 0.103. The molecule has 1 aromatic rings. The molecule has 1 rings (SSSR count). The molecule has 0 spiro atoms. The summed E-state index contributed by atoms with van der Waals surface area (Å²) in [5.74, 6) is -0.103. The van der Waals surface area contributed by atoms with Crippen LogP contribution in [0.1, 0.15) is 57.4 Å². The number of unbranched alkanes of at least 4 members (excludes halogenated alkanes) is 5. The molecule has 0 fully saturated rings. The lowest BCUT2D eigenvalue weighted by Gasteiger charge is -2.06. The second-order valence-electron chi connectivity index (χ2n) is 5.28. The molecule has 0 N–H and O–H groups in total. The van der Waals surface area contributed by atoms with E-state index < -0.39 is 0 Å². The summed E-state index contributed by atoms with van der Waals surface area (Å²) >= 11 is 0. The zero-order chi connectivity index (χ0) is 15.2. The molecule has 0 aliphatic heterocycles. The number of hydrogen-bond acceptors (Lipinski definition) is 3. The van der Waals surface area contributed by atoms with Crippen LogP contribution in [0.15, 0.2) is 30.3 Å². The number of esters is 1. The molecule has 0 unspecified atom stereocenters. The maximum Gasteiger partial charge on any atom is 0.305 e.